The summed E-state index contributed by atoms with van der Waals surface area (Å²) in [5.41, 5.74) is 5.25. The topological polar surface area (TPSA) is 35.2 Å². The Bertz CT molecular complexity index is 151. The van der Waals surface area contributed by atoms with Crippen LogP contribution < -0.4 is 5.73 Å². The summed E-state index contributed by atoms with van der Waals surface area (Å²) in [6, 6.07) is 0. The van der Waals surface area contributed by atoms with Gasteiger partial charge in [0.05, 0.1) is 6.54 Å². The van der Waals surface area contributed by atoms with Crippen LogP contribution in [0.25, 0.3) is 0 Å². The quantitative estimate of drug-likeness (QED) is 0.565. The molecular weight excluding hydrogens is 138 g/mol. The van der Waals surface area contributed by atoms with E-state index in [2.05, 4.69) is 11.8 Å². The fraction of sp³-hybridized carbons (Fsp3) is 0.778. The van der Waals surface area contributed by atoms with Crippen molar-refractivity contribution in [1.82, 2.24) is 0 Å². The van der Waals surface area contributed by atoms with Crippen molar-refractivity contribution in [2.45, 2.75) is 19.3 Å². The minimum atomic E-state index is 0.489. The van der Waals surface area contributed by atoms with Crippen LogP contribution in [0.15, 0.2) is 0 Å². The van der Waals surface area contributed by atoms with Gasteiger partial charge in [-0.15, -0.1) is 5.92 Å². The van der Waals surface area contributed by atoms with E-state index in [1.807, 2.05) is 0 Å². The van der Waals surface area contributed by atoms with E-state index in [4.69, 9.17) is 10.5 Å². The number of ether oxygens (including phenoxy) is 1. The lowest BCUT2D eigenvalue weighted by molar-refractivity contribution is 0.0678. The maximum absolute atomic E-state index is 5.25. The molecule has 1 aliphatic heterocycles. The number of rotatable bonds is 1. The molecule has 0 aromatic rings. The molecule has 1 heterocycles. The molecule has 1 aliphatic rings. The van der Waals surface area contributed by atoms with Crippen LogP contribution in [0.1, 0.15) is 19.3 Å². The molecule has 62 valence electrons. The minimum Gasteiger partial charge on any atom is -0.381 e. The highest BCUT2D eigenvalue weighted by Gasteiger charge is 2.11. The Balaban J connectivity index is 2.14. The first-order valence-corrected chi connectivity index (χ1v) is 4.17. The summed E-state index contributed by atoms with van der Waals surface area (Å²) in [5.74, 6) is 6.71. The Morgan fingerprint density at radius 2 is 2.00 bits per heavy atom. The van der Waals surface area contributed by atoms with Gasteiger partial charge in [-0.2, -0.15) is 0 Å². The SMILES string of the molecule is NCC#CCC1CCOCC1. The average molecular weight is 153 g/mol. The first-order valence-electron chi connectivity index (χ1n) is 4.17. The highest BCUT2D eigenvalue weighted by atomic mass is 16.5. The molecule has 0 amide bonds. The van der Waals surface area contributed by atoms with Gasteiger partial charge in [0.2, 0.25) is 0 Å². The van der Waals surface area contributed by atoms with Crippen LogP contribution in [0.4, 0.5) is 0 Å². The van der Waals surface area contributed by atoms with Gasteiger partial charge in [-0.1, -0.05) is 5.92 Å². The van der Waals surface area contributed by atoms with E-state index in [1.165, 1.54) is 12.8 Å². The van der Waals surface area contributed by atoms with E-state index in [9.17, 15) is 0 Å². The van der Waals surface area contributed by atoms with Crippen molar-refractivity contribution in [3.05, 3.63) is 0 Å². The van der Waals surface area contributed by atoms with Gasteiger partial charge >= 0.3 is 0 Å². The number of hydrogen-bond acceptors (Lipinski definition) is 2. The van der Waals surface area contributed by atoms with Gasteiger partial charge in [-0.3, -0.25) is 0 Å². The number of nitrogens with two attached hydrogens (primary N) is 1. The smallest absolute Gasteiger partial charge is 0.0551 e. The van der Waals surface area contributed by atoms with Gasteiger partial charge < -0.3 is 10.5 Å². The molecule has 2 heteroatoms. The maximum Gasteiger partial charge on any atom is 0.0551 e. The number of hydrogen-bond donors (Lipinski definition) is 1. The first-order chi connectivity index (χ1) is 5.43. The molecule has 1 saturated heterocycles. The summed E-state index contributed by atoms with van der Waals surface area (Å²) in [5, 5.41) is 0. The lowest BCUT2D eigenvalue weighted by Crippen LogP contribution is -2.14. The zero-order chi connectivity index (χ0) is 7.94. The zero-order valence-corrected chi connectivity index (χ0v) is 6.81. The molecule has 0 bridgehead atoms. The van der Waals surface area contributed by atoms with Crippen LogP contribution in [-0.2, 0) is 4.74 Å². The van der Waals surface area contributed by atoms with E-state index in [1.54, 1.807) is 0 Å². The first kappa shape index (κ1) is 8.58. The Morgan fingerprint density at radius 1 is 1.27 bits per heavy atom. The molecule has 11 heavy (non-hydrogen) atoms. The highest BCUT2D eigenvalue weighted by molar-refractivity contribution is 5.01. The van der Waals surface area contributed by atoms with Crippen molar-refractivity contribution in [2.24, 2.45) is 11.7 Å². The van der Waals surface area contributed by atoms with Gasteiger partial charge in [-0.25, -0.2) is 0 Å². The molecule has 0 aromatic carbocycles. The third kappa shape index (κ3) is 3.41. The van der Waals surface area contributed by atoms with Gasteiger partial charge in [0.25, 0.3) is 0 Å². The molecule has 0 aliphatic carbocycles. The molecule has 2 nitrogen and oxygen atoms in total. The molecule has 1 rings (SSSR count). The van der Waals surface area contributed by atoms with E-state index >= 15 is 0 Å². The van der Waals surface area contributed by atoms with Gasteiger partial charge in [0, 0.05) is 19.6 Å². The molecule has 1 fully saturated rings. The molecule has 0 aromatic heterocycles. The zero-order valence-electron chi connectivity index (χ0n) is 6.81. The second kappa shape index (κ2) is 5.17. The Hall–Kier alpha value is -0.520. The third-order valence-electron chi connectivity index (χ3n) is 1.96. The molecule has 0 radical (unpaired) electrons. The van der Waals surface area contributed by atoms with Crippen molar-refractivity contribution in [2.75, 3.05) is 19.8 Å². The summed E-state index contributed by atoms with van der Waals surface area (Å²) in [6.45, 7) is 2.31. The highest BCUT2D eigenvalue weighted by Crippen LogP contribution is 2.17. The normalized spacial score (nSPS) is 19.0. The summed E-state index contributed by atoms with van der Waals surface area (Å²) < 4.78 is 5.23. The van der Waals surface area contributed by atoms with E-state index in [0.717, 1.165) is 25.6 Å². The largest absolute Gasteiger partial charge is 0.381 e. The van der Waals surface area contributed by atoms with Gasteiger partial charge in [-0.05, 0) is 18.8 Å². The summed E-state index contributed by atoms with van der Waals surface area (Å²) >= 11 is 0. The summed E-state index contributed by atoms with van der Waals surface area (Å²) in [7, 11) is 0. The maximum atomic E-state index is 5.25. The fourth-order valence-corrected chi connectivity index (χ4v) is 1.24. The van der Waals surface area contributed by atoms with E-state index in [0.29, 0.717) is 6.54 Å². The van der Waals surface area contributed by atoms with Crippen LogP contribution in [0.2, 0.25) is 0 Å². The van der Waals surface area contributed by atoms with Crippen LogP contribution in [0, 0.1) is 17.8 Å². The molecule has 0 saturated carbocycles. The molecular formula is C9H15NO. The van der Waals surface area contributed by atoms with Crippen molar-refractivity contribution in [3.8, 4) is 11.8 Å². The summed E-state index contributed by atoms with van der Waals surface area (Å²) in [4.78, 5) is 0. The van der Waals surface area contributed by atoms with E-state index in [-0.39, 0.29) is 0 Å². The molecule has 0 atom stereocenters. The second-order valence-electron chi connectivity index (χ2n) is 2.82. The third-order valence-corrected chi connectivity index (χ3v) is 1.96. The van der Waals surface area contributed by atoms with Gasteiger partial charge in [0.1, 0.15) is 0 Å². The second-order valence-corrected chi connectivity index (χ2v) is 2.82. The lowest BCUT2D eigenvalue weighted by Gasteiger charge is -2.19. The molecule has 0 spiro atoms. The predicted molar refractivity (Wildman–Crippen MR) is 45.0 cm³/mol. The standard InChI is InChI=1S/C9H15NO/c10-6-2-1-3-9-4-7-11-8-5-9/h9H,3-8,10H2. The van der Waals surface area contributed by atoms with Crippen molar-refractivity contribution in [3.63, 3.8) is 0 Å². The van der Waals surface area contributed by atoms with Crippen molar-refractivity contribution in [1.29, 1.82) is 0 Å². The Morgan fingerprint density at radius 3 is 2.64 bits per heavy atom. The van der Waals surface area contributed by atoms with Crippen LogP contribution in [0.5, 0.6) is 0 Å². The van der Waals surface area contributed by atoms with E-state index < -0.39 is 0 Å². The van der Waals surface area contributed by atoms with Crippen molar-refractivity contribution < 1.29 is 4.74 Å². The fourth-order valence-electron chi connectivity index (χ4n) is 1.24. The Labute approximate surface area is 68.1 Å². The monoisotopic (exact) mass is 153 g/mol. The minimum absolute atomic E-state index is 0.489. The average Bonchev–Trinajstić information content (AvgIpc) is 2.07. The van der Waals surface area contributed by atoms with Crippen LogP contribution in [0.3, 0.4) is 0 Å². The molecule has 2 N–H and O–H groups in total. The predicted octanol–water partition coefficient (Wildman–Crippen LogP) is 0.765. The van der Waals surface area contributed by atoms with Crippen molar-refractivity contribution >= 4 is 0 Å². The van der Waals surface area contributed by atoms with Gasteiger partial charge in [0.15, 0.2) is 0 Å². The Kier molecular flexibility index (Phi) is 4.03. The summed E-state index contributed by atoms with van der Waals surface area (Å²) in [6.07, 6.45) is 3.33. The molecule has 0 unspecified atom stereocenters. The lowest BCUT2D eigenvalue weighted by atomic mass is 9.97. The van der Waals surface area contributed by atoms with Crippen LogP contribution in [-0.4, -0.2) is 19.8 Å². The van der Waals surface area contributed by atoms with Crippen LogP contribution >= 0.6 is 0 Å².